The van der Waals surface area contributed by atoms with Gasteiger partial charge in [0.15, 0.2) is 17.4 Å². The van der Waals surface area contributed by atoms with Crippen LogP contribution >= 0.6 is 6.89 Å². The minimum atomic E-state index is -1.26. The Balaban J connectivity index is 1.93. The molecule has 4 atom stereocenters. The Morgan fingerprint density at radius 3 is 2.69 bits per heavy atom. The van der Waals surface area contributed by atoms with Gasteiger partial charge in [0.1, 0.15) is 12.2 Å². The minimum absolute atomic E-state index is 0.161. The zero-order valence-electron chi connectivity index (χ0n) is 15.5. The number of nitrogens with one attached hydrogen (secondary N) is 1. The summed E-state index contributed by atoms with van der Waals surface area (Å²) in [5, 5.41) is 20.9. The molecule has 1 aliphatic rings. The highest BCUT2D eigenvalue weighted by atomic mass is 31.2. The van der Waals surface area contributed by atoms with Crippen molar-refractivity contribution in [2.75, 3.05) is 38.5 Å². The molecule has 0 bridgehead atoms. The molecular formula is C16H26N5O4P. The van der Waals surface area contributed by atoms with E-state index in [-0.39, 0.29) is 11.1 Å². The van der Waals surface area contributed by atoms with E-state index in [1.807, 2.05) is 0 Å². The highest BCUT2D eigenvalue weighted by Gasteiger charge is 2.44. The van der Waals surface area contributed by atoms with E-state index >= 15 is 0 Å². The van der Waals surface area contributed by atoms with Crippen LogP contribution in [0.3, 0.4) is 0 Å². The van der Waals surface area contributed by atoms with E-state index in [4.69, 9.17) is 4.74 Å². The number of imidazole rings is 1. The number of aromatic nitrogens is 4. The predicted molar refractivity (Wildman–Crippen MR) is 104 cm³/mol. The van der Waals surface area contributed by atoms with Gasteiger partial charge in [-0.3, -0.25) is 14.3 Å². The number of nitrogens with zero attached hydrogens (tertiary/aromatic N) is 4. The third kappa shape index (κ3) is 3.57. The van der Waals surface area contributed by atoms with Gasteiger partial charge in [-0.25, -0.2) is 4.98 Å². The quantitative estimate of drug-likeness (QED) is 0.618. The topological polar surface area (TPSA) is 117 Å². The van der Waals surface area contributed by atoms with Crippen molar-refractivity contribution in [2.24, 2.45) is 0 Å². The maximum Gasteiger partial charge on any atom is 0.280 e. The Kier molecular flexibility index (Phi) is 5.00. The lowest BCUT2D eigenvalue weighted by molar-refractivity contribution is -0.0353. The third-order valence-electron chi connectivity index (χ3n) is 4.47. The Labute approximate surface area is 151 Å². The van der Waals surface area contributed by atoms with Crippen LogP contribution < -0.4 is 10.5 Å². The van der Waals surface area contributed by atoms with Crippen molar-refractivity contribution in [3.8, 4) is 0 Å². The van der Waals surface area contributed by atoms with Gasteiger partial charge in [-0.15, -0.1) is 13.2 Å². The fourth-order valence-corrected chi connectivity index (χ4v) is 3.94. The smallest absolute Gasteiger partial charge is 0.280 e. The number of aromatic amines is 1. The van der Waals surface area contributed by atoms with E-state index in [2.05, 4.69) is 34.6 Å². The highest BCUT2D eigenvalue weighted by molar-refractivity contribution is 7.72. The van der Waals surface area contributed by atoms with Crippen molar-refractivity contribution in [1.29, 1.82) is 0 Å². The Morgan fingerprint density at radius 2 is 2.08 bits per heavy atom. The van der Waals surface area contributed by atoms with Crippen LogP contribution in [0.25, 0.3) is 11.2 Å². The van der Waals surface area contributed by atoms with Gasteiger partial charge in [0.25, 0.3) is 5.56 Å². The van der Waals surface area contributed by atoms with E-state index in [1.54, 1.807) is 19.0 Å². The maximum atomic E-state index is 12.2. The molecule has 26 heavy (non-hydrogen) atoms. The SMILES string of the molecule is C=P(C)(C)CC[C@H]1OC(n2cnc3c(=O)[nH]c(N(C)C)nc32)C(O)[C@@H]1O. The van der Waals surface area contributed by atoms with Crippen molar-refractivity contribution >= 4 is 30.3 Å². The van der Waals surface area contributed by atoms with E-state index in [1.165, 1.54) is 10.9 Å². The summed E-state index contributed by atoms with van der Waals surface area (Å²) in [7, 11) is 3.52. The fourth-order valence-electron chi connectivity index (χ4n) is 2.99. The molecule has 1 aliphatic heterocycles. The molecule has 10 heteroatoms. The summed E-state index contributed by atoms with van der Waals surface area (Å²) < 4.78 is 7.43. The second kappa shape index (κ2) is 6.81. The van der Waals surface area contributed by atoms with Crippen molar-refractivity contribution in [2.45, 2.75) is 31.0 Å². The Bertz CT molecular complexity index is 902. The largest absolute Gasteiger partial charge is 0.388 e. The number of hydrogen-bond donors (Lipinski definition) is 3. The Morgan fingerprint density at radius 1 is 1.38 bits per heavy atom. The normalized spacial score (nSPS) is 26.5. The molecule has 2 aromatic rings. The van der Waals surface area contributed by atoms with Crippen LogP contribution in [0.5, 0.6) is 0 Å². The first kappa shape index (κ1) is 19.1. The summed E-state index contributed by atoms with van der Waals surface area (Å²) in [6.07, 6.45) is 3.54. The number of hydrogen-bond acceptors (Lipinski definition) is 7. The molecule has 3 rings (SSSR count). The molecule has 1 saturated heterocycles. The van der Waals surface area contributed by atoms with Gasteiger partial charge in [-0.2, -0.15) is 4.98 Å². The first-order valence-electron chi connectivity index (χ1n) is 8.41. The minimum Gasteiger partial charge on any atom is -0.388 e. The molecule has 0 aliphatic carbocycles. The molecule has 3 heterocycles. The number of aliphatic hydroxyl groups is 2. The van der Waals surface area contributed by atoms with E-state index in [0.717, 1.165) is 6.16 Å². The molecule has 0 radical (unpaired) electrons. The summed E-state index contributed by atoms with van der Waals surface area (Å²) in [4.78, 5) is 25.0. The molecule has 2 aromatic heterocycles. The fraction of sp³-hybridized carbons (Fsp3) is 0.625. The van der Waals surface area contributed by atoms with Gasteiger partial charge in [-0.1, -0.05) is 0 Å². The average molecular weight is 383 g/mol. The van der Waals surface area contributed by atoms with Crippen molar-refractivity contribution in [3.63, 3.8) is 0 Å². The van der Waals surface area contributed by atoms with Crippen LogP contribution in [-0.4, -0.2) is 87.9 Å². The van der Waals surface area contributed by atoms with Crippen molar-refractivity contribution in [1.82, 2.24) is 19.5 Å². The molecule has 3 N–H and O–H groups in total. The first-order valence-corrected chi connectivity index (χ1v) is 11.5. The van der Waals surface area contributed by atoms with Gasteiger partial charge in [0, 0.05) is 14.1 Å². The molecule has 9 nitrogen and oxygen atoms in total. The highest BCUT2D eigenvalue weighted by Crippen LogP contribution is 2.39. The second-order valence-corrected chi connectivity index (χ2v) is 11.9. The standard InChI is InChI=1S/C16H26N5O4P/c1-20(2)16-18-13-10(14(24)19-16)17-8-21(13)15-12(23)11(22)9(25-15)6-7-26(3,4)5/h8-9,11-12,15,22-23H,3,6-7H2,1-2,4-5H3,(H,18,19,24)/t9-,11-,12?,15?/m1/s1. The van der Waals surface area contributed by atoms with Crippen LogP contribution in [0.15, 0.2) is 11.1 Å². The van der Waals surface area contributed by atoms with Crippen LogP contribution in [0.1, 0.15) is 12.6 Å². The number of aliphatic hydroxyl groups excluding tert-OH is 2. The van der Waals surface area contributed by atoms with Gasteiger partial charge in [0.05, 0.1) is 12.4 Å². The van der Waals surface area contributed by atoms with Crippen LogP contribution in [0.4, 0.5) is 5.95 Å². The molecule has 144 valence electrons. The van der Waals surface area contributed by atoms with Crippen molar-refractivity contribution in [3.05, 3.63) is 16.7 Å². The second-order valence-electron chi connectivity index (χ2n) is 7.60. The van der Waals surface area contributed by atoms with E-state index < -0.39 is 31.4 Å². The number of rotatable bonds is 5. The predicted octanol–water partition coefficient (Wildman–Crippen LogP) is -0.0959. The van der Waals surface area contributed by atoms with Crippen LogP contribution in [-0.2, 0) is 4.74 Å². The molecule has 0 spiro atoms. The van der Waals surface area contributed by atoms with Gasteiger partial charge in [-0.05, 0) is 25.9 Å². The summed E-state index contributed by atoms with van der Waals surface area (Å²) in [6, 6.07) is 0. The molecule has 1 fully saturated rings. The van der Waals surface area contributed by atoms with E-state index in [9.17, 15) is 15.0 Å². The van der Waals surface area contributed by atoms with E-state index in [0.29, 0.717) is 18.0 Å². The summed E-state index contributed by atoms with van der Waals surface area (Å²) in [5.74, 6) is 0.373. The molecule has 0 saturated carbocycles. The molecular weight excluding hydrogens is 357 g/mol. The lowest BCUT2D eigenvalue weighted by Gasteiger charge is -2.18. The van der Waals surface area contributed by atoms with Gasteiger partial charge < -0.3 is 19.8 Å². The molecule has 0 aromatic carbocycles. The number of ether oxygens (including phenoxy) is 1. The number of fused-ring (bicyclic) bond motifs is 1. The monoisotopic (exact) mass is 383 g/mol. The average Bonchev–Trinajstić information content (AvgIpc) is 3.08. The third-order valence-corrected chi connectivity index (χ3v) is 5.94. The molecule has 0 amide bonds. The van der Waals surface area contributed by atoms with Crippen LogP contribution in [0.2, 0.25) is 0 Å². The van der Waals surface area contributed by atoms with Gasteiger partial charge in [0.2, 0.25) is 5.95 Å². The first-order chi connectivity index (χ1) is 12.1. The van der Waals surface area contributed by atoms with Crippen LogP contribution in [0, 0.1) is 0 Å². The molecule has 2 unspecified atom stereocenters. The zero-order chi connectivity index (χ0) is 19.2. The maximum absolute atomic E-state index is 12.2. The lowest BCUT2D eigenvalue weighted by atomic mass is 10.1. The lowest BCUT2D eigenvalue weighted by Crippen LogP contribution is -2.32. The zero-order valence-corrected chi connectivity index (χ0v) is 16.3. The summed E-state index contributed by atoms with van der Waals surface area (Å²) >= 11 is 0. The van der Waals surface area contributed by atoms with Crippen molar-refractivity contribution < 1.29 is 14.9 Å². The summed E-state index contributed by atoms with van der Waals surface area (Å²) in [5.41, 5.74) is 0.0964. The number of H-pyrrole nitrogens is 1. The summed E-state index contributed by atoms with van der Waals surface area (Å²) in [6.45, 7) is 2.97. The number of anilines is 1. The Hall–Kier alpha value is -1.67. The van der Waals surface area contributed by atoms with Gasteiger partial charge >= 0.3 is 0 Å².